The number of nitrogens with zero attached hydrogens (tertiary/aromatic N) is 2. The molecular weight excluding hydrogens is 512 g/mol. The Labute approximate surface area is 211 Å². The van der Waals surface area contributed by atoms with E-state index >= 15 is 0 Å². The van der Waals surface area contributed by atoms with Crippen LogP contribution in [0.25, 0.3) is 6.08 Å². The first-order valence-corrected chi connectivity index (χ1v) is 11.4. The van der Waals surface area contributed by atoms with Crippen LogP contribution in [0.15, 0.2) is 95.5 Å². The number of urea groups is 1. The standard InChI is InChI=1S/C27H21BrN2O5/c1-3-14-35-24-22(28)16-18(17-23(24)34-2)15-21-25(31)29(19-10-6-4-7-11-19)27(33)30(26(21)32)20-12-8-5-9-13-20/h3-13,15-17H,1,14H2,2H3. The second-order valence-corrected chi connectivity index (χ2v) is 8.28. The average molecular weight is 533 g/mol. The molecule has 176 valence electrons. The van der Waals surface area contributed by atoms with Gasteiger partial charge in [0.2, 0.25) is 0 Å². The van der Waals surface area contributed by atoms with Crippen molar-refractivity contribution in [1.29, 1.82) is 0 Å². The van der Waals surface area contributed by atoms with Crippen LogP contribution in [-0.2, 0) is 9.59 Å². The number of benzene rings is 3. The van der Waals surface area contributed by atoms with Crippen molar-refractivity contribution in [2.24, 2.45) is 0 Å². The maximum absolute atomic E-state index is 13.5. The zero-order chi connectivity index (χ0) is 24.9. The number of methoxy groups -OCH3 is 1. The van der Waals surface area contributed by atoms with Crippen LogP contribution in [-0.4, -0.2) is 31.6 Å². The van der Waals surface area contributed by atoms with Crippen molar-refractivity contribution in [3.8, 4) is 11.5 Å². The normalized spacial score (nSPS) is 13.7. The summed E-state index contributed by atoms with van der Waals surface area (Å²) >= 11 is 3.46. The van der Waals surface area contributed by atoms with Crippen molar-refractivity contribution in [2.45, 2.75) is 0 Å². The van der Waals surface area contributed by atoms with Gasteiger partial charge in [0.05, 0.1) is 23.0 Å². The number of amides is 4. The minimum atomic E-state index is -0.749. The highest BCUT2D eigenvalue weighted by molar-refractivity contribution is 9.10. The molecule has 0 unspecified atom stereocenters. The molecule has 0 spiro atoms. The number of imide groups is 2. The van der Waals surface area contributed by atoms with E-state index < -0.39 is 17.8 Å². The van der Waals surface area contributed by atoms with Crippen LogP contribution >= 0.6 is 15.9 Å². The van der Waals surface area contributed by atoms with E-state index in [-0.39, 0.29) is 12.2 Å². The molecule has 1 heterocycles. The van der Waals surface area contributed by atoms with Gasteiger partial charge >= 0.3 is 6.03 Å². The Bertz CT molecular complexity index is 1260. The average Bonchev–Trinajstić information content (AvgIpc) is 2.87. The summed E-state index contributed by atoms with van der Waals surface area (Å²) in [4.78, 5) is 42.3. The van der Waals surface area contributed by atoms with E-state index in [9.17, 15) is 14.4 Å². The van der Waals surface area contributed by atoms with Crippen LogP contribution < -0.4 is 19.3 Å². The van der Waals surface area contributed by atoms with Gasteiger partial charge in [-0.25, -0.2) is 14.6 Å². The molecule has 3 aromatic rings. The molecule has 0 bridgehead atoms. The Morgan fingerprint density at radius 3 is 1.91 bits per heavy atom. The van der Waals surface area contributed by atoms with Gasteiger partial charge in [-0.3, -0.25) is 9.59 Å². The fourth-order valence-electron chi connectivity index (χ4n) is 3.61. The fourth-order valence-corrected chi connectivity index (χ4v) is 4.19. The van der Waals surface area contributed by atoms with Gasteiger partial charge in [0.25, 0.3) is 11.8 Å². The van der Waals surface area contributed by atoms with E-state index in [0.717, 1.165) is 9.80 Å². The van der Waals surface area contributed by atoms with Crippen molar-refractivity contribution in [3.05, 3.63) is 101 Å². The largest absolute Gasteiger partial charge is 0.493 e. The highest BCUT2D eigenvalue weighted by Crippen LogP contribution is 2.38. The van der Waals surface area contributed by atoms with Crippen LogP contribution in [0.2, 0.25) is 0 Å². The van der Waals surface area contributed by atoms with Gasteiger partial charge in [-0.1, -0.05) is 49.1 Å². The first kappa shape index (κ1) is 24.0. The summed E-state index contributed by atoms with van der Waals surface area (Å²) in [5, 5.41) is 0. The van der Waals surface area contributed by atoms with E-state index in [1.54, 1.807) is 78.9 Å². The van der Waals surface area contributed by atoms with Crippen LogP contribution in [0.1, 0.15) is 5.56 Å². The van der Waals surface area contributed by atoms with Crippen LogP contribution in [0.5, 0.6) is 11.5 Å². The molecule has 0 aliphatic carbocycles. The third kappa shape index (κ3) is 4.74. The lowest BCUT2D eigenvalue weighted by Gasteiger charge is -2.34. The first-order chi connectivity index (χ1) is 17.0. The minimum Gasteiger partial charge on any atom is -0.493 e. The van der Waals surface area contributed by atoms with Gasteiger partial charge in [0.15, 0.2) is 11.5 Å². The quantitative estimate of drug-likeness (QED) is 0.224. The SMILES string of the molecule is C=CCOc1c(Br)cc(C=C2C(=O)N(c3ccccc3)C(=O)N(c3ccccc3)C2=O)cc1OC. The maximum Gasteiger partial charge on any atom is 0.343 e. The van der Waals surface area contributed by atoms with Crippen LogP contribution in [0.4, 0.5) is 16.2 Å². The van der Waals surface area contributed by atoms with Crippen molar-refractivity contribution in [1.82, 2.24) is 0 Å². The summed E-state index contributed by atoms with van der Waals surface area (Å²) in [6.45, 7) is 3.91. The summed E-state index contributed by atoms with van der Waals surface area (Å²) in [5.74, 6) is -0.580. The lowest BCUT2D eigenvalue weighted by atomic mass is 10.0. The fraction of sp³-hybridized carbons (Fsp3) is 0.0741. The molecule has 8 heteroatoms. The van der Waals surface area contributed by atoms with E-state index in [2.05, 4.69) is 22.5 Å². The molecule has 35 heavy (non-hydrogen) atoms. The number of barbiturate groups is 1. The van der Waals surface area contributed by atoms with Gasteiger partial charge in [-0.05, 0) is 64.0 Å². The zero-order valence-corrected chi connectivity index (χ0v) is 20.4. The number of carbonyl (C=O) groups is 3. The van der Waals surface area contributed by atoms with Gasteiger partial charge in [0, 0.05) is 0 Å². The van der Waals surface area contributed by atoms with E-state index in [4.69, 9.17) is 9.47 Å². The predicted molar refractivity (Wildman–Crippen MR) is 138 cm³/mol. The van der Waals surface area contributed by atoms with Crippen molar-refractivity contribution in [3.63, 3.8) is 0 Å². The zero-order valence-electron chi connectivity index (χ0n) is 18.8. The molecule has 1 fully saturated rings. The molecular formula is C27H21BrN2O5. The number of carbonyl (C=O) groups excluding carboxylic acids is 3. The number of hydrogen-bond donors (Lipinski definition) is 0. The minimum absolute atomic E-state index is 0.175. The molecule has 0 atom stereocenters. The monoisotopic (exact) mass is 532 g/mol. The van der Waals surface area contributed by atoms with Gasteiger partial charge < -0.3 is 9.47 Å². The summed E-state index contributed by atoms with van der Waals surface area (Å²) in [6, 6.07) is 19.6. The van der Waals surface area contributed by atoms with Crippen molar-refractivity contribution < 1.29 is 23.9 Å². The third-order valence-corrected chi connectivity index (χ3v) is 5.78. The van der Waals surface area contributed by atoms with Crippen molar-refractivity contribution >= 4 is 51.2 Å². The van der Waals surface area contributed by atoms with E-state index in [1.165, 1.54) is 13.2 Å². The Hall–Kier alpha value is -4.17. The Balaban J connectivity index is 1.84. The molecule has 0 radical (unpaired) electrons. The maximum atomic E-state index is 13.5. The lowest BCUT2D eigenvalue weighted by Crippen LogP contribution is -2.57. The smallest absolute Gasteiger partial charge is 0.343 e. The molecule has 0 N–H and O–H groups in total. The number of para-hydroxylation sites is 2. The highest BCUT2D eigenvalue weighted by Gasteiger charge is 2.43. The molecule has 4 rings (SSSR count). The number of halogens is 1. The molecule has 0 aromatic heterocycles. The second-order valence-electron chi connectivity index (χ2n) is 7.43. The number of rotatable bonds is 7. The van der Waals surface area contributed by atoms with E-state index in [0.29, 0.717) is 32.9 Å². The Morgan fingerprint density at radius 2 is 1.43 bits per heavy atom. The molecule has 1 aliphatic heterocycles. The van der Waals surface area contributed by atoms with Crippen LogP contribution in [0, 0.1) is 0 Å². The summed E-state index contributed by atoms with van der Waals surface area (Å²) in [7, 11) is 1.49. The molecule has 0 saturated carbocycles. The van der Waals surface area contributed by atoms with Gasteiger partial charge in [-0.15, -0.1) is 0 Å². The van der Waals surface area contributed by atoms with E-state index in [1.807, 2.05) is 0 Å². The van der Waals surface area contributed by atoms with Crippen molar-refractivity contribution in [2.75, 3.05) is 23.5 Å². The topological polar surface area (TPSA) is 76.2 Å². The highest BCUT2D eigenvalue weighted by atomic mass is 79.9. The lowest BCUT2D eigenvalue weighted by molar-refractivity contribution is -0.121. The summed E-state index contributed by atoms with van der Waals surface area (Å²) in [6.07, 6.45) is 3.04. The Morgan fingerprint density at radius 1 is 0.886 bits per heavy atom. The molecule has 3 aromatic carbocycles. The van der Waals surface area contributed by atoms with Gasteiger partial charge in [-0.2, -0.15) is 0 Å². The van der Waals surface area contributed by atoms with Crippen LogP contribution in [0.3, 0.4) is 0 Å². The number of anilines is 2. The second kappa shape index (κ2) is 10.4. The summed E-state index contributed by atoms with van der Waals surface area (Å²) < 4.78 is 11.7. The van der Waals surface area contributed by atoms with Gasteiger partial charge in [0.1, 0.15) is 12.2 Å². The molecule has 1 saturated heterocycles. The first-order valence-electron chi connectivity index (χ1n) is 10.6. The number of hydrogen-bond acceptors (Lipinski definition) is 5. The molecule has 4 amide bonds. The third-order valence-electron chi connectivity index (χ3n) is 5.19. The molecule has 7 nitrogen and oxygen atoms in total. The Kier molecular flexibility index (Phi) is 7.12. The molecule has 1 aliphatic rings. The number of ether oxygens (including phenoxy) is 2. The predicted octanol–water partition coefficient (Wildman–Crippen LogP) is 5.61. The summed E-state index contributed by atoms with van der Waals surface area (Å²) in [5.41, 5.74) is 1.04.